The van der Waals surface area contributed by atoms with Crippen molar-refractivity contribution in [3.63, 3.8) is 0 Å². The Morgan fingerprint density at radius 2 is 1.95 bits per heavy atom. The zero-order chi connectivity index (χ0) is 15.6. The molecule has 0 bridgehead atoms. The monoisotopic (exact) mass is 312 g/mol. The molecule has 2 aromatic carbocycles. The SMILES string of the molecule is C=CCOc1cccc(NC(=S)NCCc2ccccc2)c1. The van der Waals surface area contributed by atoms with Gasteiger partial charge in [-0.2, -0.15) is 0 Å². The van der Waals surface area contributed by atoms with Crippen LogP contribution in [0.15, 0.2) is 67.3 Å². The number of ether oxygens (including phenoxy) is 1. The molecular formula is C18H20N2OS. The summed E-state index contributed by atoms with van der Waals surface area (Å²) in [4.78, 5) is 0. The number of nitrogens with one attached hydrogen (secondary N) is 2. The predicted molar refractivity (Wildman–Crippen MR) is 96.5 cm³/mol. The molecular weight excluding hydrogens is 292 g/mol. The first-order chi connectivity index (χ1) is 10.8. The first-order valence-corrected chi connectivity index (χ1v) is 7.61. The number of hydrogen-bond acceptors (Lipinski definition) is 2. The Labute approximate surface area is 137 Å². The lowest BCUT2D eigenvalue weighted by Crippen LogP contribution is -2.30. The van der Waals surface area contributed by atoms with Crippen molar-refractivity contribution in [1.29, 1.82) is 0 Å². The van der Waals surface area contributed by atoms with Gasteiger partial charge in [0.25, 0.3) is 0 Å². The van der Waals surface area contributed by atoms with Crippen LogP contribution in [0.2, 0.25) is 0 Å². The number of hydrogen-bond donors (Lipinski definition) is 2. The predicted octanol–water partition coefficient (Wildman–Crippen LogP) is 3.78. The molecule has 22 heavy (non-hydrogen) atoms. The third kappa shape index (κ3) is 5.58. The Morgan fingerprint density at radius 3 is 2.73 bits per heavy atom. The van der Waals surface area contributed by atoms with Crippen LogP contribution in [0.5, 0.6) is 5.75 Å². The zero-order valence-corrected chi connectivity index (χ0v) is 13.2. The lowest BCUT2D eigenvalue weighted by atomic mass is 10.1. The van der Waals surface area contributed by atoms with E-state index < -0.39 is 0 Å². The number of benzene rings is 2. The lowest BCUT2D eigenvalue weighted by Gasteiger charge is -2.11. The van der Waals surface area contributed by atoms with Crippen molar-refractivity contribution in [3.05, 3.63) is 72.8 Å². The average Bonchev–Trinajstić information content (AvgIpc) is 2.54. The molecule has 2 N–H and O–H groups in total. The Hall–Kier alpha value is -2.33. The molecule has 0 saturated carbocycles. The van der Waals surface area contributed by atoms with Gasteiger partial charge in [-0.15, -0.1) is 0 Å². The maximum absolute atomic E-state index is 5.49. The van der Waals surface area contributed by atoms with Crippen LogP contribution in [0.25, 0.3) is 0 Å². The van der Waals surface area contributed by atoms with Crippen LogP contribution in [0.4, 0.5) is 5.69 Å². The molecule has 0 atom stereocenters. The quantitative estimate of drug-likeness (QED) is 0.602. The van der Waals surface area contributed by atoms with E-state index in [4.69, 9.17) is 17.0 Å². The summed E-state index contributed by atoms with van der Waals surface area (Å²) in [6, 6.07) is 18.0. The molecule has 0 spiro atoms. The smallest absolute Gasteiger partial charge is 0.170 e. The molecule has 0 radical (unpaired) electrons. The summed E-state index contributed by atoms with van der Waals surface area (Å²) in [7, 11) is 0. The standard InChI is InChI=1S/C18H20N2OS/c1-2-13-21-17-10-6-9-16(14-17)20-18(22)19-12-11-15-7-4-3-5-8-15/h2-10,14H,1,11-13H2,(H2,19,20,22). The van der Waals surface area contributed by atoms with E-state index in [0.717, 1.165) is 24.4 Å². The second kappa shape index (κ2) is 8.85. The fourth-order valence-electron chi connectivity index (χ4n) is 1.96. The van der Waals surface area contributed by atoms with Gasteiger partial charge in [-0.3, -0.25) is 0 Å². The van der Waals surface area contributed by atoms with E-state index in [1.54, 1.807) is 6.08 Å². The summed E-state index contributed by atoms with van der Waals surface area (Å²) >= 11 is 5.30. The Morgan fingerprint density at radius 1 is 1.14 bits per heavy atom. The van der Waals surface area contributed by atoms with E-state index in [9.17, 15) is 0 Å². The van der Waals surface area contributed by atoms with Gasteiger partial charge in [0.15, 0.2) is 5.11 Å². The normalized spacial score (nSPS) is 9.82. The van der Waals surface area contributed by atoms with E-state index in [-0.39, 0.29) is 0 Å². The highest BCUT2D eigenvalue weighted by atomic mass is 32.1. The minimum Gasteiger partial charge on any atom is -0.489 e. The van der Waals surface area contributed by atoms with E-state index in [2.05, 4.69) is 29.3 Å². The molecule has 0 saturated heterocycles. The largest absolute Gasteiger partial charge is 0.489 e. The minimum absolute atomic E-state index is 0.489. The van der Waals surface area contributed by atoms with Crippen LogP contribution >= 0.6 is 12.2 Å². The van der Waals surface area contributed by atoms with Gasteiger partial charge in [0.2, 0.25) is 0 Å². The van der Waals surface area contributed by atoms with Crippen molar-refractivity contribution < 1.29 is 4.74 Å². The van der Waals surface area contributed by atoms with Crippen molar-refractivity contribution in [2.75, 3.05) is 18.5 Å². The summed E-state index contributed by atoms with van der Waals surface area (Å²) in [6.07, 6.45) is 2.65. The van der Waals surface area contributed by atoms with Gasteiger partial charge in [0, 0.05) is 18.3 Å². The van der Waals surface area contributed by atoms with Gasteiger partial charge in [-0.1, -0.05) is 49.1 Å². The second-order valence-electron chi connectivity index (χ2n) is 4.74. The van der Waals surface area contributed by atoms with Crippen molar-refractivity contribution >= 4 is 23.0 Å². The molecule has 0 fully saturated rings. The molecule has 0 heterocycles. The Kier molecular flexibility index (Phi) is 6.45. The summed E-state index contributed by atoms with van der Waals surface area (Å²) < 4.78 is 5.49. The fraction of sp³-hybridized carbons (Fsp3) is 0.167. The van der Waals surface area contributed by atoms with E-state index in [1.807, 2.05) is 42.5 Å². The molecule has 0 unspecified atom stereocenters. The van der Waals surface area contributed by atoms with Gasteiger partial charge < -0.3 is 15.4 Å². The van der Waals surface area contributed by atoms with Gasteiger partial charge >= 0.3 is 0 Å². The molecule has 3 nitrogen and oxygen atoms in total. The lowest BCUT2D eigenvalue weighted by molar-refractivity contribution is 0.363. The highest BCUT2D eigenvalue weighted by molar-refractivity contribution is 7.80. The van der Waals surface area contributed by atoms with Crippen LogP contribution in [0.3, 0.4) is 0 Å². The van der Waals surface area contributed by atoms with Gasteiger partial charge in [0.05, 0.1) is 0 Å². The van der Waals surface area contributed by atoms with Crippen LogP contribution in [-0.4, -0.2) is 18.3 Å². The molecule has 114 valence electrons. The maximum atomic E-state index is 5.49. The van der Waals surface area contributed by atoms with Gasteiger partial charge in [0.1, 0.15) is 12.4 Å². The third-order valence-electron chi connectivity index (χ3n) is 3.00. The van der Waals surface area contributed by atoms with E-state index >= 15 is 0 Å². The molecule has 0 amide bonds. The summed E-state index contributed by atoms with van der Waals surface area (Å²) in [5.41, 5.74) is 2.19. The summed E-state index contributed by atoms with van der Waals surface area (Å²) in [5, 5.41) is 6.97. The van der Waals surface area contributed by atoms with Crippen LogP contribution in [-0.2, 0) is 6.42 Å². The average molecular weight is 312 g/mol. The second-order valence-corrected chi connectivity index (χ2v) is 5.15. The van der Waals surface area contributed by atoms with Crippen molar-refractivity contribution in [1.82, 2.24) is 5.32 Å². The fourth-order valence-corrected chi connectivity index (χ4v) is 2.18. The van der Waals surface area contributed by atoms with Crippen molar-refractivity contribution in [2.45, 2.75) is 6.42 Å². The van der Waals surface area contributed by atoms with Crippen LogP contribution < -0.4 is 15.4 Å². The minimum atomic E-state index is 0.489. The van der Waals surface area contributed by atoms with Crippen molar-refractivity contribution in [2.24, 2.45) is 0 Å². The van der Waals surface area contributed by atoms with Gasteiger partial charge in [-0.05, 0) is 36.3 Å². The molecule has 2 aromatic rings. The molecule has 4 heteroatoms. The van der Waals surface area contributed by atoms with E-state index in [0.29, 0.717) is 11.7 Å². The Balaban J connectivity index is 1.78. The molecule has 0 aliphatic heterocycles. The Bertz CT molecular complexity index is 613. The summed E-state index contributed by atoms with van der Waals surface area (Å²) in [5.74, 6) is 0.789. The van der Waals surface area contributed by atoms with E-state index in [1.165, 1.54) is 5.56 Å². The van der Waals surface area contributed by atoms with Crippen molar-refractivity contribution in [3.8, 4) is 5.75 Å². The highest BCUT2D eigenvalue weighted by Gasteiger charge is 2.00. The molecule has 0 aliphatic rings. The number of anilines is 1. The zero-order valence-electron chi connectivity index (χ0n) is 12.4. The third-order valence-corrected chi connectivity index (χ3v) is 3.25. The molecule has 0 aliphatic carbocycles. The molecule has 2 rings (SSSR count). The number of rotatable bonds is 7. The summed E-state index contributed by atoms with van der Waals surface area (Å²) in [6.45, 7) is 4.92. The topological polar surface area (TPSA) is 33.3 Å². The number of thiocarbonyl (C=S) groups is 1. The highest BCUT2D eigenvalue weighted by Crippen LogP contribution is 2.17. The molecule has 0 aromatic heterocycles. The van der Waals surface area contributed by atoms with Crippen LogP contribution in [0, 0.1) is 0 Å². The first kappa shape index (κ1) is 16.0. The first-order valence-electron chi connectivity index (χ1n) is 7.20. The van der Waals surface area contributed by atoms with Gasteiger partial charge in [-0.25, -0.2) is 0 Å². The maximum Gasteiger partial charge on any atom is 0.170 e. The van der Waals surface area contributed by atoms with Crippen LogP contribution in [0.1, 0.15) is 5.56 Å².